The summed E-state index contributed by atoms with van der Waals surface area (Å²) >= 11 is 0. The number of hydrogen-bond acceptors (Lipinski definition) is 3. The molecule has 0 saturated carbocycles. The van der Waals surface area contributed by atoms with Crippen LogP contribution >= 0.6 is 0 Å². The highest BCUT2D eigenvalue weighted by molar-refractivity contribution is 5.26. The molecule has 2 rings (SSSR count). The molecule has 2 N–H and O–H groups in total. The molecule has 0 aliphatic rings. The Morgan fingerprint density at radius 2 is 1.94 bits per heavy atom. The molecule has 96 valence electrons. The predicted molar refractivity (Wildman–Crippen MR) is 72.7 cm³/mol. The van der Waals surface area contributed by atoms with Crippen LogP contribution in [0.15, 0.2) is 36.7 Å². The summed E-state index contributed by atoms with van der Waals surface area (Å²) in [6, 6.07) is 8.31. The van der Waals surface area contributed by atoms with Gasteiger partial charge in [-0.1, -0.05) is 24.3 Å². The van der Waals surface area contributed by atoms with E-state index in [9.17, 15) is 0 Å². The second-order valence-electron chi connectivity index (χ2n) is 4.60. The first-order valence-corrected chi connectivity index (χ1v) is 6.12. The molecule has 2 aromatic rings. The highest BCUT2D eigenvalue weighted by Gasteiger charge is 2.07. The molecule has 1 aromatic carbocycles. The van der Waals surface area contributed by atoms with Gasteiger partial charge in [-0.15, -0.1) is 0 Å². The molecule has 0 unspecified atom stereocenters. The molecule has 0 saturated heterocycles. The third-order valence-electron chi connectivity index (χ3n) is 3.11. The van der Waals surface area contributed by atoms with Gasteiger partial charge in [0.2, 0.25) is 0 Å². The zero-order chi connectivity index (χ0) is 13.0. The molecule has 0 amide bonds. The van der Waals surface area contributed by atoms with Gasteiger partial charge in [0.25, 0.3) is 0 Å². The lowest BCUT2D eigenvalue weighted by molar-refractivity contribution is 0.306. The summed E-state index contributed by atoms with van der Waals surface area (Å²) in [6.07, 6.45) is 3.80. The third-order valence-corrected chi connectivity index (χ3v) is 3.11. The zero-order valence-corrected chi connectivity index (χ0v) is 11.0. The second-order valence-corrected chi connectivity index (χ2v) is 4.60. The first kappa shape index (κ1) is 12.8. The van der Waals surface area contributed by atoms with Gasteiger partial charge in [-0.25, -0.2) is 4.98 Å². The van der Waals surface area contributed by atoms with E-state index in [1.54, 1.807) is 0 Å². The Hall–Kier alpha value is -1.65. The van der Waals surface area contributed by atoms with Gasteiger partial charge < -0.3 is 10.3 Å². The molecular formula is C14H20N4. The molecule has 0 atom stereocenters. The van der Waals surface area contributed by atoms with E-state index in [1.165, 1.54) is 11.1 Å². The summed E-state index contributed by atoms with van der Waals surface area (Å²) in [4.78, 5) is 6.58. The van der Waals surface area contributed by atoms with Gasteiger partial charge in [0.05, 0.1) is 6.54 Å². The minimum atomic E-state index is 0.590. The van der Waals surface area contributed by atoms with Crippen LogP contribution in [-0.4, -0.2) is 21.5 Å². The fourth-order valence-electron chi connectivity index (χ4n) is 2.05. The number of nitrogens with zero attached hydrogens (tertiary/aromatic N) is 3. The Morgan fingerprint density at radius 3 is 2.56 bits per heavy atom. The highest BCUT2D eigenvalue weighted by Crippen LogP contribution is 2.11. The molecule has 0 aliphatic heterocycles. The smallest absolute Gasteiger partial charge is 0.122 e. The normalized spacial score (nSPS) is 11.1. The first-order chi connectivity index (χ1) is 8.70. The van der Waals surface area contributed by atoms with Gasteiger partial charge in [0.15, 0.2) is 0 Å². The zero-order valence-electron chi connectivity index (χ0n) is 11.0. The van der Waals surface area contributed by atoms with E-state index < -0.39 is 0 Å². The van der Waals surface area contributed by atoms with E-state index in [4.69, 9.17) is 5.73 Å². The van der Waals surface area contributed by atoms with Crippen molar-refractivity contribution in [3.8, 4) is 0 Å². The standard InChI is InChI=1S/C14H20N4/c1-17(11-14-16-7-8-18(14)2)10-13-6-4-3-5-12(13)9-15/h3-8H,9-11,15H2,1-2H3. The van der Waals surface area contributed by atoms with Gasteiger partial charge in [-0.3, -0.25) is 4.90 Å². The second kappa shape index (κ2) is 5.80. The van der Waals surface area contributed by atoms with Crippen molar-refractivity contribution in [3.63, 3.8) is 0 Å². The van der Waals surface area contributed by atoms with Crippen LogP contribution in [0, 0.1) is 0 Å². The van der Waals surface area contributed by atoms with Crippen LogP contribution in [-0.2, 0) is 26.7 Å². The fourth-order valence-corrected chi connectivity index (χ4v) is 2.05. The molecule has 18 heavy (non-hydrogen) atoms. The van der Waals surface area contributed by atoms with Crippen molar-refractivity contribution in [2.75, 3.05) is 7.05 Å². The Labute approximate surface area is 108 Å². The Morgan fingerprint density at radius 1 is 1.22 bits per heavy atom. The van der Waals surface area contributed by atoms with Crippen molar-refractivity contribution in [2.45, 2.75) is 19.6 Å². The molecule has 0 spiro atoms. The van der Waals surface area contributed by atoms with Crippen LogP contribution in [0.5, 0.6) is 0 Å². The number of imidazole rings is 1. The topological polar surface area (TPSA) is 47.1 Å². The predicted octanol–water partition coefficient (Wildman–Crippen LogP) is 1.51. The van der Waals surface area contributed by atoms with Crippen LogP contribution in [0.3, 0.4) is 0 Å². The van der Waals surface area contributed by atoms with Crippen molar-refractivity contribution in [2.24, 2.45) is 12.8 Å². The van der Waals surface area contributed by atoms with Crippen LogP contribution < -0.4 is 5.73 Å². The van der Waals surface area contributed by atoms with Crippen molar-refractivity contribution in [1.29, 1.82) is 0 Å². The SMILES string of the molecule is CN(Cc1ccccc1CN)Cc1nccn1C. The summed E-state index contributed by atoms with van der Waals surface area (Å²) < 4.78 is 2.05. The average molecular weight is 244 g/mol. The van der Waals surface area contributed by atoms with Crippen LogP contribution in [0.25, 0.3) is 0 Å². The van der Waals surface area contributed by atoms with E-state index in [0.29, 0.717) is 6.54 Å². The van der Waals surface area contributed by atoms with Gasteiger partial charge in [0, 0.05) is 32.5 Å². The van der Waals surface area contributed by atoms with E-state index in [-0.39, 0.29) is 0 Å². The van der Waals surface area contributed by atoms with Crippen molar-refractivity contribution in [1.82, 2.24) is 14.5 Å². The van der Waals surface area contributed by atoms with Gasteiger partial charge in [0.1, 0.15) is 5.82 Å². The lowest BCUT2D eigenvalue weighted by Gasteiger charge is -2.18. The van der Waals surface area contributed by atoms with Crippen LogP contribution in [0.1, 0.15) is 17.0 Å². The molecular weight excluding hydrogens is 224 g/mol. The molecule has 0 aliphatic carbocycles. The number of benzene rings is 1. The van der Waals surface area contributed by atoms with Crippen molar-refractivity contribution >= 4 is 0 Å². The lowest BCUT2D eigenvalue weighted by atomic mass is 10.1. The van der Waals surface area contributed by atoms with E-state index in [0.717, 1.165) is 18.9 Å². The van der Waals surface area contributed by atoms with Crippen molar-refractivity contribution in [3.05, 3.63) is 53.6 Å². The summed E-state index contributed by atoms with van der Waals surface area (Å²) in [5.41, 5.74) is 8.25. The number of aromatic nitrogens is 2. The average Bonchev–Trinajstić information content (AvgIpc) is 2.75. The maximum Gasteiger partial charge on any atom is 0.122 e. The minimum absolute atomic E-state index is 0.590. The maximum absolute atomic E-state index is 5.75. The Bertz CT molecular complexity index is 504. The van der Waals surface area contributed by atoms with E-state index >= 15 is 0 Å². The molecule has 1 heterocycles. The van der Waals surface area contributed by atoms with E-state index in [2.05, 4.69) is 35.1 Å². The van der Waals surface area contributed by atoms with Gasteiger partial charge in [-0.2, -0.15) is 0 Å². The fraction of sp³-hybridized carbons (Fsp3) is 0.357. The monoisotopic (exact) mass is 244 g/mol. The van der Waals surface area contributed by atoms with E-state index in [1.807, 2.05) is 30.1 Å². The summed E-state index contributed by atoms with van der Waals surface area (Å²) in [6.45, 7) is 2.31. The molecule has 1 aromatic heterocycles. The van der Waals surface area contributed by atoms with Gasteiger partial charge >= 0.3 is 0 Å². The number of nitrogens with two attached hydrogens (primary N) is 1. The van der Waals surface area contributed by atoms with Gasteiger partial charge in [-0.05, 0) is 18.2 Å². The lowest BCUT2D eigenvalue weighted by Crippen LogP contribution is -2.20. The Balaban J connectivity index is 2.03. The van der Waals surface area contributed by atoms with Crippen LogP contribution in [0.2, 0.25) is 0 Å². The van der Waals surface area contributed by atoms with Crippen LogP contribution in [0.4, 0.5) is 0 Å². The highest BCUT2D eigenvalue weighted by atomic mass is 15.1. The van der Waals surface area contributed by atoms with Crippen molar-refractivity contribution < 1.29 is 0 Å². The first-order valence-electron chi connectivity index (χ1n) is 6.12. The third kappa shape index (κ3) is 2.97. The number of rotatable bonds is 5. The number of aryl methyl sites for hydroxylation is 1. The molecule has 0 radical (unpaired) electrons. The number of hydrogen-bond donors (Lipinski definition) is 1. The molecule has 0 fully saturated rings. The molecule has 4 nitrogen and oxygen atoms in total. The maximum atomic E-state index is 5.75. The summed E-state index contributed by atoms with van der Waals surface area (Å²) in [5.74, 6) is 1.07. The minimum Gasteiger partial charge on any atom is -0.337 e. The quantitative estimate of drug-likeness (QED) is 0.867. The molecule has 0 bridgehead atoms. The summed E-state index contributed by atoms with van der Waals surface area (Å²) in [7, 11) is 4.12. The summed E-state index contributed by atoms with van der Waals surface area (Å²) in [5, 5.41) is 0. The largest absolute Gasteiger partial charge is 0.337 e. The molecule has 4 heteroatoms. The Kier molecular flexibility index (Phi) is 4.12.